The summed E-state index contributed by atoms with van der Waals surface area (Å²) in [4.78, 5) is 14.8. The lowest BCUT2D eigenvalue weighted by Crippen LogP contribution is -2.43. The lowest BCUT2D eigenvalue weighted by Gasteiger charge is -2.36. The van der Waals surface area contributed by atoms with Crippen LogP contribution in [0.15, 0.2) is 18.2 Å². The standard InChI is InChI=1S/C18H23ClFNO/c1-12-5-2-3-8-17(12)21-10-9-13(18(21)22)11-14-15(19)6-4-7-16(14)20/h4,6-7,12-13,17H,2-3,5,8-11H2,1H3/t12-,13?,17+/m1/s1. The molecule has 1 aromatic rings. The van der Waals surface area contributed by atoms with Crippen LogP contribution in [0.25, 0.3) is 0 Å². The van der Waals surface area contributed by atoms with Crippen molar-refractivity contribution in [1.82, 2.24) is 4.90 Å². The second-order valence-electron chi connectivity index (χ2n) is 6.75. The maximum absolute atomic E-state index is 13.9. The van der Waals surface area contributed by atoms with E-state index in [0.717, 1.165) is 19.4 Å². The zero-order chi connectivity index (χ0) is 15.7. The quantitative estimate of drug-likeness (QED) is 0.804. The molecule has 1 saturated heterocycles. The van der Waals surface area contributed by atoms with E-state index in [0.29, 0.717) is 29.0 Å². The van der Waals surface area contributed by atoms with Crippen molar-refractivity contribution in [2.24, 2.45) is 11.8 Å². The number of carbonyl (C=O) groups is 1. The van der Waals surface area contributed by atoms with Gasteiger partial charge in [0.15, 0.2) is 0 Å². The number of benzene rings is 1. The molecule has 0 N–H and O–H groups in total. The topological polar surface area (TPSA) is 20.3 Å². The van der Waals surface area contributed by atoms with Crippen LogP contribution in [0.4, 0.5) is 4.39 Å². The molecule has 3 rings (SSSR count). The lowest BCUT2D eigenvalue weighted by atomic mass is 9.85. The molecule has 120 valence electrons. The Bertz CT molecular complexity index is 542. The summed E-state index contributed by atoms with van der Waals surface area (Å²) in [5, 5.41) is 0.428. The first kappa shape index (κ1) is 15.8. The minimum Gasteiger partial charge on any atom is -0.339 e. The minimum absolute atomic E-state index is 0.122. The van der Waals surface area contributed by atoms with Crippen LogP contribution in [0.5, 0.6) is 0 Å². The highest BCUT2D eigenvalue weighted by molar-refractivity contribution is 6.31. The van der Waals surface area contributed by atoms with Crippen molar-refractivity contribution >= 4 is 17.5 Å². The largest absolute Gasteiger partial charge is 0.339 e. The highest BCUT2D eigenvalue weighted by Gasteiger charge is 2.38. The second-order valence-corrected chi connectivity index (χ2v) is 7.16. The van der Waals surface area contributed by atoms with Crippen molar-refractivity contribution in [3.8, 4) is 0 Å². The monoisotopic (exact) mass is 323 g/mol. The van der Waals surface area contributed by atoms with Crippen LogP contribution in [0, 0.1) is 17.7 Å². The van der Waals surface area contributed by atoms with Gasteiger partial charge in [-0.25, -0.2) is 4.39 Å². The fraction of sp³-hybridized carbons (Fsp3) is 0.611. The van der Waals surface area contributed by atoms with E-state index in [2.05, 4.69) is 11.8 Å². The number of carbonyl (C=O) groups excluding carboxylic acids is 1. The molecule has 1 amide bonds. The Kier molecular flexibility index (Phi) is 4.72. The van der Waals surface area contributed by atoms with E-state index in [1.807, 2.05) is 0 Å². The molecule has 1 aliphatic carbocycles. The summed E-state index contributed by atoms with van der Waals surface area (Å²) < 4.78 is 13.9. The highest BCUT2D eigenvalue weighted by atomic mass is 35.5. The van der Waals surface area contributed by atoms with Gasteiger partial charge in [-0.2, -0.15) is 0 Å². The van der Waals surface area contributed by atoms with Crippen LogP contribution in [-0.4, -0.2) is 23.4 Å². The molecule has 2 fully saturated rings. The molecule has 0 aromatic heterocycles. The van der Waals surface area contributed by atoms with Gasteiger partial charge in [0.25, 0.3) is 0 Å². The molecule has 1 heterocycles. The molecule has 1 unspecified atom stereocenters. The SMILES string of the molecule is C[C@@H]1CCCC[C@@H]1N1CCC(Cc2c(F)cccc2Cl)C1=O. The summed E-state index contributed by atoms with van der Waals surface area (Å²) >= 11 is 6.10. The third-order valence-corrected chi connectivity index (χ3v) is 5.68. The predicted octanol–water partition coefficient (Wildman–Crippen LogP) is 4.45. The first-order chi connectivity index (χ1) is 10.6. The zero-order valence-electron chi connectivity index (χ0n) is 13.0. The highest BCUT2D eigenvalue weighted by Crippen LogP contribution is 2.34. The molecule has 22 heavy (non-hydrogen) atoms. The normalized spacial score (nSPS) is 29.1. The molecule has 3 atom stereocenters. The Hall–Kier alpha value is -1.09. The number of likely N-dealkylation sites (tertiary alicyclic amines) is 1. The van der Waals surface area contributed by atoms with Crippen molar-refractivity contribution in [2.45, 2.75) is 51.5 Å². The van der Waals surface area contributed by atoms with Gasteiger partial charge in [-0.15, -0.1) is 0 Å². The Labute approximate surface area is 136 Å². The van der Waals surface area contributed by atoms with Crippen molar-refractivity contribution in [2.75, 3.05) is 6.54 Å². The van der Waals surface area contributed by atoms with Gasteiger partial charge in [0, 0.05) is 29.1 Å². The maximum Gasteiger partial charge on any atom is 0.226 e. The minimum atomic E-state index is -0.301. The Morgan fingerprint density at radius 2 is 2.05 bits per heavy atom. The molecule has 0 radical (unpaired) electrons. The number of rotatable bonds is 3. The second kappa shape index (κ2) is 6.57. The molecular formula is C18H23ClFNO. The lowest BCUT2D eigenvalue weighted by molar-refractivity contribution is -0.134. The maximum atomic E-state index is 13.9. The molecular weight excluding hydrogens is 301 g/mol. The van der Waals surface area contributed by atoms with E-state index < -0.39 is 0 Å². The fourth-order valence-electron chi connectivity index (χ4n) is 4.02. The van der Waals surface area contributed by atoms with Gasteiger partial charge in [-0.1, -0.05) is 37.4 Å². The third-order valence-electron chi connectivity index (χ3n) is 5.33. The summed E-state index contributed by atoms with van der Waals surface area (Å²) in [6.07, 6.45) is 6.03. The van der Waals surface area contributed by atoms with Gasteiger partial charge in [-0.05, 0) is 43.7 Å². The molecule has 4 heteroatoms. The number of hydrogen-bond acceptors (Lipinski definition) is 1. The molecule has 1 aromatic carbocycles. The number of halogens is 2. The van der Waals surface area contributed by atoms with E-state index in [9.17, 15) is 9.18 Å². The summed E-state index contributed by atoms with van der Waals surface area (Å²) in [5.41, 5.74) is 0.487. The molecule has 0 bridgehead atoms. The van der Waals surface area contributed by atoms with Gasteiger partial charge in [0.05, 0.1) is 0 Å². The number of hydrogen-bond donors (Lipinski definition) is 0. The Morgan fingerprint density at radius 1 is 1.27 bits per heavy atom. The van der Waals surface area contributed by atoms with Gasteiger partial charge in [0.1, 0.15) is 5.82 Å². The van der Waals surface area contributed by atoms with Crippen LogP contribution in [0.3, 0.4) is 0 Å². The van der Waals surface area contributed by atoms with Gasteiger partial charge in [0.2, 0.25) is 5.91 Å². The van der Waals surface area contributed by atoms with Crippen LogP contribution in [-0.2, 0) is 11.2 Å². The molecule has 2 nitrogen and oxygen atoms in total. The molecule has 1 aliphatic heterocycles. The van der Waals surface area contributed by atoms with Crippen molar-refractivity contribution in [1.29, 1.82) is 0 Å². The van der Waals surface area contributed by atoms with E-state index >= 15 is 0 Å². The molecule has 2 aliphatic rings. The predicted molar refractivity (Wildman–Crippen MR) is 86.4 cm³/mol. The first-order valence-corrected chi connectivity index (χ1v) is 8.69. The summed E-state index contributed by atoms with van der Waals surface area (Å²) in [5.74, 6) is 0.347. The number of nitrogens with zero attached hydrogens (tertiary/aromatic N) is 1. The van der Waals surface area contributed by atoms with Gasteiger partial charge >= 0.3 is 0 Å². The van der Waals surface area contributed by atoms with E-state index in [-0.39, 0.29) is 17.6 Å². The fourth-order valence-corrected chi connectivity index (χ4v) is 4.26. The summed E-state index contributed by atoms with van der Waals surface area (Å²) in [6, 6.07) is 5.10. The third kappa shape index (κ3) is 3.01. The summed E-state index contributed by atoms with van der Waals surface area (Å²) in [7, 11) is 0. The van der Waals surface area contributed by atoms with Crippen LogP contribution in [0.2, 0.25) is 5.02 Å². The molecule has 1 saturated carbocycles. The smallest absolute Gasteiger partial charge is 0.226 e. The van der Waals surface area contributed by atoms with Crippen molar-refractivity contribution < 1.29 is 9.18 Å². The number of amides is 1. The van der Waals surface area contributed by atoms with Crippen LogP contribution < -0.4 is 0 Å². The molecule has 0 spiro atoms. The van der Waals surface area contributed by atoms with Gasteiger partial charge in [-0.3, -0.25) is 4.79 Å². The summed E-state index contributed by atoms with van der Waals surface area (Å²) in [6.45, 7) is 3.06. The average Bonchev–Trinajstić information content (AvgIpc) is 2.85. The van der Waals surface area contributed by atoms with E-state index in [1.54, 1.807) is 12.1 Å². The first-order valence-electron chi connectivity index (χ1n) is 8.31. The van der Waals surface area contributed by atoms with Crippen molar-refractivity contribution in [3.05, 3.63) is 34.6 Å². The zero-order valence-corrected chi connectivity index (χ0v) is 13.8. The Balaban J connectivity index is 1.71. The van der Waals surface area contributed by atoms with Crippen LogP contribution in [0.1, 0.15) is 44.6 Å². The van der Waals surface area contributed by atoms with Gasteiger partial charge < -0.3 is 4.90 Å². The van der Waals surface area contributed by atoms with Crippen molar-refractivity contribution in [3.63, 3.8) is 0 Å². The van der Waals surface area contributed by atoms with E-state index in [1.165, 1.54) is 25.3 Å². The van der Waals surface area contributed by atoms with Crippen LogP contribution >= 0.6 is 11.6 Å². The Morgan fingerprint density at radius 3 is 2.77 bits per heavy atom. The van der Waals surface area contributed by atoms with E-state index in [4.69, 9.17) is 11.6 Å². The average molecular weight is 324 g/mol.